The van der Waals surface area contributed by atoms with E-state index in [0.717, 1.165) is 49.3 Å². The van der Waals surface area contributed by atoms with Gasteiger partial charge in [0.2, 0.25) is 5.91 Å². The van der Waals surface area contributed by atoms with E-state index in [1.54, 1.807) is 0 Å². The zero-order valence-electron chi connectivity index (χ0n) is 20.4. The van der Waals surface area contributed by atoms with Crippen LogP contribution in [0.15, 0.2) is 97.1 Å². The minimum Gasteiger partial charge on any atom is -0.488 e. The van der Waals surface area contributed by atoms with E-state index in [-0.39, 0.29) is 5.91 Å². The third-order valence-corrected chi connectivity index (χ3v) is 7.63. The van der Waals surface area contributed by atoms with Crippen molar-refractivity contribution in [1.82, 2.24) is 10.2 Å². The van der Waals surface area contributed by atoms with Gasteiger partial charge in [0.1, 0.15) is 17.9 Å². The van der Waals surface area contributed by atoms with Crippen LogP contribution >= 0.6 is 0 Å². The second-order valence-electron chi connectivity index (χ2n) is 9.82. The number of carbonyl (C=O) groups excluding carboxylic acids is 1. The maximum Gasteiger partial charge on any atom is 0.247 e. The van der Waals surface area contributed by atoms with Crippen molar-refractivity contribution < 1.29 is 9.53 Å². The zero-order valence-corrected chi connectivity index (χ0v) is 20.4. The molecule has 1 amide bonds. The first-order chi connectivity index (χ1) is 17.7. The number of likely N-dealkylation sites (tertiary alicyclic amines) is 1. The number of benzene rings is 4. The van der Waals surface area contributed by atoms with E-state index in [9.17, 15) is 4.79 Å². The van der Waals surface area contributed by atoms with Crippen molar-refractivity contribution in [3.05, 3.63) is 108 Å². The number of hydrogen-bond acceptors (Lipinski definition) is 4. The highest BCUT2D eigenvalue weighted by molar-refractivity contribution is 5.93. The lowest BCUT2D eigenvalue weighted by molar-refractivity contribution is -0.125. The lowest BCUT2D eigenvalue weighted by Crippen LogP contribution is -2.56. The molecule has 182 valence electrons. The molecular formula is C31H31N3O2. The SMILES string of the molecule is O=C1NCN(c2ccccc2)C12CCN(Cc1cccc(COc3cccc4ccccc34)c1)CC2. The number of amides is 1. The molecule has 0 unspecified atom stereocenters. The third-order valence-electron chi connectivity index (χ3n) is 7.63. The Morgan fingerprint density at radius 3 is 2.39 bits per heavy atom. The van der Waals surface area contributed by atoms with E-state index in [1.165, 1.54) is 16.5 Å². The Morgan fingerprint density at radius 1 is 0.806 bits per heavy atom. The van der Waals surface area contributed by atoms with Crippen LogP contribution in [-0.4, -0.2) is 36.1 Å². The molecular weight excluding hydrogens is 446 g/mol. The van der Waals surface area contributed by atoms with Gasteiger partial charge in [0.25, 0.3) is 0 Å². The van der Waals surface area contributed by atoms with Crippen LogP contribution in [0.2, 0.25) is 0 Å². The summed E-state index contributed by atoms with van der Waals surface area (Å²) in [5, 5.41) is 5.42. The predicted molar refractivity (Wildman–Crippen MR) is 144 cm³/mol. The molecule has 2 fully saturated rings. The number of fused-ring (bicyclic) bond motifs is 1. The van der Waals surface area contributed by atoms with Crippen LogP contribution in [0.25, 0.3) is 10.8 Å². The zero-order chi connectivity index (χ0) is 24.4. The molecule has 5 nitrogen and oxygen atoms in total. The first-order valence-corrected chi connectivity index (χ1v) is 12.7. The van der Waals surface area contributed by atoms with Crippen molar-refractivity contribution in [1.29, 1.82) is 0 Å². The Morgan fingerprint density at radius 2 is 1.53 bits per heavy atom. The molecule has 0 saturated carbocycles. The van der Waals surface area contributed by atoms with Crippen molar-refractivity contribution in [3.8, 4) is 5.75 Å². The lowest BCUT2D eigenvalue weighted by atomic mass is 9.85. The molecule has 4 aromatic rings. The van der Waals surface area contributed by atoms with E-state index >= 15 is 0 Å². The molecule has 5 heteroatoms. The molecule has 2 saturated heterocycles. The molecule has 0 atom stereocenters. The van der Waals surface area contributed by atoms with Crippen LogP contribution < -0.4 is 15.0 Å². The average molecular weight is 478 g/mol. The second kappa shape index (κ2) is 9.67. The van der Waals surface area contributed by atoms with Crippen molar-refractivity contribution in [2.75, 3.05) is 24.7 Å². The van der Waals surface area contributed by atoms with E-state index in [0.29, 0.717) is 13.3 Å². The first kappa shape index (κ1) is 22.6. The number of piperidine rings is 1. The number of para-hydroxylation sites is 1. The predicted octanol–water partition coefficient (Wildman–Crippen LogP) is 5.35. The Balaban J connectivity index is 1.10. The highest BCUT2D eigenvalue weighted by Gasteiger charge is 2.50. The standard InChI is InChI=1S/C31H31N3O2/c35-30-31(34(23-32-30)27-12-2-1-3-13-27)16-18-33(19-17-31)21-24-8-6-9-25(20-24)22-36-29-15-7-11-26-10-4-5-14-28(26)29/h1-15,20H,16-19,21-23H2,(H,32,35). The van der Waals surface area contributed by atoms with Crippen molar-refractivity contribution in [2.45, 2.75) is 31.5 Å². The lowest BCUT2D eigenvalue weighted by Gasteiger charge is -2.43. The summed E-state index contributed by atoms with van der Waals surface area (Å²) < 4.78 is 6.22. The van der Waals surface area contributed by atoms with Gasteiger partial charge >= 0.3 is 0 Å². The largest absolute Gasteiger partial charge is 0.488 e. The average Bonchev–Trinajstić information content (AvgIpc) is 3.24. The number of nitrogens with one attached hydrogen (secondary N) is 1. The molecule has 2 heterocycles. The number of hydrogen-bond donors (Lipinski definition) is 1. The minimum atomic E-state index is -0.438. The van der Waals surface area contributed by atoms with Gasteiger partial charge in [-0.25, -0.2) is 0 Å². The Hall–Kier alpha value is -3.83. The fourth-order valence-corrected chi connectivity index (χ4v) is 5.67. The topological polar surface area (TPSA) is 44.8 Å². The van der Waals surface area contributed by atoms with Gasteiger partial charge in [0, 0.05) is 30.7 Å². The molecule has 0 bridgehead atoms. The maximum atomic E-state index is 12.9. The van der Waals surface area contributed by atoms with Crippen molar-refractivity contribution >= 4 is 22.4 Å². The van der Waals surface area contributed by atoms with Crippen LogP contribution in [-0.2, 0) is 17.9 Å². The van der Waals surface area contributed by atoms with Crippen LogP contribution in [0, 0.1) is 0 Å². The third kappa shape index (κ3) is 4.31. The Labute approximate surface area is 212 Å². The van der Waals surface area contributed by atoms with Gasteiger partial charge < -0.3 is 15.0 Å². The molecule has 36 heavy (non-hydrogen) atoms. The molecule has 0 aliphatic carbocycles. The summed E-state index contributed by atoms with van der Waals surface area (Å²) in [5.41, 5.74) is 3.12. The van der Waals surface area contributed by atoms with E-state index in [2.05, 4.69) is 75.8 Å². The van der Waals surface area contributed by atoms with Gasteiger partial charge in [0.15, 0.2) is 0 Å². The van der Waals surface area contributed by atoms with E-state index in [4.69, 9.17) is 4.74 Å². The molecule has 2 aliphatic heterocycles. The van der Waals surface area contributed by atoms with Crippen molar-refractivity contribution in [2.24, 2.45) is 0 Å². The maximum absolute atomic E-state index is 12.9. The summed E-state index contributed by atoms with van der Waals surface area (Å²) in [6.07, 6.45) is 1.66. The normalized spacial score (nSPS) is 17.4. The van der Waals surface area contributed by atoms with Gasteiger partial charge in [-0.05, 0) is 47.6 Å². The van der Waals surface area contributed by atoms with Crippen LogP contribution in [0.5, 0.6) is 5.75 Å². The first-order valence-electron chi connectivity index (χ1n) is 12.7. The van der Waals surface area contributed by atoms with Crippen molar-refractivity contribution in [3.63, 3.8) is 0 Å². The molecule has 2 aliphatic rings. The van der Waals surface area contributed by atoms with Crippen LogP contribution in [0.3, 0.4) is 0 Å². The number of nitrogens with zero attached hydrogens (tertiary/aromatic N) is 2. The summed E-state index contributed by atoms with van der Waals surface area (Å²) in [5.74, 6) is 1.08. The van der Waals surface area contributed by atoms with Gasteiger partial charge in [-0.15, -0.1) is 0 Å². The molecule has 0 aromatic heterocycles. The van der Waals surface area contributed by atoms with Gasteiger partial charge in [-0.1, -0.05) is 78.9 Å². The summed E-state index contributed by atoms with van der Waals surface area (Å²) >= 11 is 0. The molecule has 4 aromatic carbocycles. The molecule has 1 spiro atoms. The number of rotatable bonds is 6. The smallest absolute Gasteiger partial charge is 0.247 e. The second-order valence-corrected chi connectivity index (χ2v) is 9.82. The number of anilines is 1. The van der Waals surface area contributed by atoms with Gasteiger partial charge in [0.05, 0.1) is 6.67 Å². The Bertz CT molecular complexity index is 1360. The highest BCUT2D eigenvalue weighted by Crippen LogP contribution is 2.36. The summed E-state index contributed by atoms with van der Waals surface area (Å²) in [7, 11) is 0. The van der Waals surface area contributed by atoms with Crippen LogP contribution in [0.1, 0.15) is 24.0 Å². The fourth-order valence-electron chi connectivity index (χ4n) is 5.67. The quantitative estimate of drug-likeness (QED) is 0.407. The summed E-state index contributed by atoms with van der Waals surface area (Å²) in [6.45, 7) is 3.80. The van der Waals surface area contributed by atoms with Gasteiger partial charge in [-0.3, -0.25) is 9.69 Å². The van der Waals surface area contributed by atoms with E-state index < -0.39 is 5.54 Å². The Kier molecular flexibility index (Phi) is 6.08. The fraction of sp³-hybridized carbons (Fsp3) is 0.258. The summed E-state index contributed by atoms with van der Waals surface area (Å²) in [6, 6.07) is 33.5. The van der Waals surface area contributed by atoms with Gasteiger partial charge in [-0.2, -0.15) is 0 Å². The highest BCUT2D eigenvalue weighted by atomic mass is 16.5. The molecule has 6 rings (SSSR count). The minimum absolute atomic E-state index is 0.165. The van der Waals surface area contributed by atoms with E-state index in [1.807, 2.05) is 36.4 Å². The molecule has 0 radical (unpaired) electrons. The monoisotopic (exact) mass is 477 g/mol. The summed E-state index contributed by atoms with van der Waals surface area (Å²) in [4.78, 5) is 17.7. The number of carbonyl (C=O) groups is 1. The number of ether oxygens (including phenoxy) is 1. The molecule has 1 N–H and O–H groups in total. The van der Waals surface area contributed by atoms with Crippen LogP contribution in [0.4, 0.5) is 5.69 Å².